The summed E-state index contributed by atoms with van der Waals surface area (Å²) in [6, 6.07) is 7.15. The van der Waals surface area contributed by atoms with Crippen molar-refractivity contribution in [3.63, 3.8) is 0 Å². The number of benzene rings is 1. The molecule has 0 amide bonds. The van der Waals surface area contributed by atoms with Crippen molar-refractivity contribution in [3.05, 3.63) is 29.8 Å². The molecule has 0 spiro atoms. The average Bonchev–Trinajstić information content (AvgIpc) is 2.87. The van der Waals surface area contributed by atoms with Gasteiger partial charge in [-0.1, -0.05) is 32.9 Å². The van der Waals surface area contributed by atoms with E-state index in [4.69, 9.17) is 11.6 Å². The van der Waals surface area contributed by atoms with Gasteiger partial charge >= 0.3 is 0 Å². The number of hydrogen-bond acceptors (Lipinski definition) is 2. The van der Waals surface area contributed by atoms with Gasteiger partial charge in [-0.25, -0.2) is 8.42 Å². The van der Waals surface area contributed by atoms with E-state index in [1.165, 1.54) is 0 Å². The minimum Gasteiger partial charge on any atom is -0.207 e. The monoisotopic (exact) mass is 315 g/mol. The Bertz CT molecular complexity index is 561. The first kappa shape index (κ1) is 15.8. The lowest BCUT2D eigenvalue weighted by Gasteiger charge is -2.23. The second kappa shape index (κ2) is 5.66. The molecule has 1 aliphatic rings. The molecule has 1 heterocycles. The van der Waals surface area contributed by atoms with Crippen molar-refractivity contribution in [1.82, 2.24) is 4.31 Å². The Morgan fingerprint density at radius 3 is 2.35 bits per heavy atom. The van der Waals surface area contributed by atoms with E-state index in [0.717, 1.165) is 18.4 Å². The summed E-state index contributed by atoms with van der Waals surface area (Å²) in [7, 11) is -3.41. The van der Waals surface area contributed by atoms with Crippen LogP contribution in [-0.2, 0) is 15.4 Å². The summed E-state index contributed by atoms with van der Waals surface area (Å²) in [5, 5.41) is 0. The van der Waals surface area contributed by atoms with Crippen LogP contribution in [-0.4, -0.2) is 31.2 Å². The van der Waals surface area contributed by atoms with Crippen LogP contribution in [0.3, 0.4) is 0 Å². The lowest BCUT2D eigenvalue weighted by molar-refractivity contribution is 0.411. The molecule has 0 N–H and O–H groups in total. The molecule has 20 heavy (non-hydrogen) atoms. The van der Waals surface area contributed by atoms with Crippen LogP contribution in [0.4, 0.5) is 0 Å². The normalized spacial score (nSPS) is 21.3. The van der Waals surface area contributed by atoms with Crippen LogP contribution in [0.15, 0.2) is 29.2 Å². The average molecular weight is 316 g/mol. The van der Waals surface area contributed by atoms with Gasteiger partial charge in [-0.2, -0.15) is 4.31 Å². The summed E-state index contributed by atoms with van der Waals surface area (Å²) >= 11 is 5.88. The van der Waals surface area contributed by atoms with Crippen molar-refractivity contribution < 1.29 is 8.42 Å². The highest BCUT2D eigenvalue weighted by Gasteiger charge is 2.34. The molecule has 1 saturated heterocycles. The number of sulfonamides is 1. The van der Waals surface area contributed by atoms with Gasteiger partial charge in [0.05, 0.1) is 4.90 Å². The standard InChI is InChI=1S/C15H22ClNO2S/c1-15(2,3)12-6-8-14(9-7-12)20(18,19)17-10-4-5-13(17)11-16/h6-9,13H,4-5,10-11H2,1-3H3/t13-/m0/s1. The quantitative estimate of drug-likeness (QED) is 0.802. The van der Waals surface area contributed by atoms with Gasteiger partial charge in [0, 0.05) is 18.5 Å². The van der Waals surface area contributed by atoms with Crippen LogP contribution in [0.25, 0.3) is 0 Å². The van der Waals surface area contributed by atoms with Crippen LogP contribution < -0.4 is 0 Å². The third-order valence-corrected chi connectivity index (χ3v) is 6.15. The molecule has 2 rings (SSSR count). The molecule has 0 saturated carbocycles. The zero-order valence-electron chi connectivity index (χ0n) is 12.3. The Morgan fingerprint density at radius 2 is 1.85 bits per heavy atom. The lowest BCUT2D eigenvalue weighted by atomic mass is 9.87. The van der Waals surface area contributed by atoms with Gasteiger partial charge in [0.1, 0.15) is 0 Å². The van der Waals surface area contributed by atoms with Crippen molar-refractivity contribution in [2.45, 2.75) is 50.0 Å². The molecule has 1 aliphatic heterocycles. The Labute approximate surface area is 127 Å². The number of rotatable bonds is 3. The minimum atomic E-state index is -3.41. The van der Waals surface area contributed by atoms with Gasteiger partial charge in [-0.15, -0.1) is 11.6 Å². The Hall–Kier alpha value is -0.580. The third kappa shape index (κ3) is 3.02. The predicted molar refractivity (Wildman–Crippen MR) is 82.8 cm³/mol. The van der Waals surface area contributed by atoms with Gasteiger partial charge in [0.15, 0.2) is 0 Å². The summed E-state index contributed by atoms with van der Waals surface area (Å²) in [6.07, 6.45) is 1.74. The minimum absolute atomic E-state index is 0.0224. The summed E-state index contributed by atoms with van der Waals surface area (Å²) < 4.78 is 26.8. The van der Waals surface area contributed by atoms with Gasteiger partial charge in [0.25, 0.3) is 0 Å². The van der Waals surface area contributed by atoms with Crippen LogP contribution in [0, 0.1) is 0 Å². The maximum atomic E-state index is 12.6. The fourth-order valence-corrected chi connectivity index (χ4v) is 4.64. The van der Waals surface area contributed by atoms with Crippen LogP contribution in [0.5, 0.6) is 0 Å². The largest absolute Gasteiger partial charge is 0.243 e. The Morgan fingerprint density at radius 1 is 1.25 bits per heavy atom. The van der Waals surface area contributed by atoms with Gasteiger partial charge in [-0.05, 0) is 36.0 Å². The summed E-state index contributed by atoms with van der Waals surface area (Å²) in [4.78, 5) is 0.363. The van der Waals surface area contributed by atoms with E-state index in [2.05, 4.69) is 20.8 Å². The molecule has 0 aliphatic carbocycles. The molecule has 112 valence electrons. The molecule has 1 atom stereocenters. The molecule has 0 radical (unpaired) electrons. The Kier molecular flexibility index (Phi) is 4.47. The smallest absolute Gasteiger partial charge is 0.207 e. The molecule has 0 unspecified atom stereocenters. The second-order valence-corrected chi connectivity index (χ2v) is 8.54. The van der Waals surface area contributed by atoms with Crippen LogP contribution >= 0.6 is 11.6 Å². The van der Waals surface area contributed by atoms with Gasteiger partial charge in [-0.3, -0.25) is 0 Å². The third-order valence-electron chi connectivity index (χ3n) is 3.83. The number of hydrogen-bond donors (Lipinski definition) is 0. The summed E-state index contributed by atoms with van der Waals surface area (Å²) in [5.74, 6) is 0.360. The topological polar surface area (TPSA) is 37.4 Å². The SMILES string of the molecule is CC(C)(C)c1ccc(S(=O)(=O)N2CCC[C@H]2CCl)cc1. The first-order valence-electron chi connectivity index (χ1n) is 6.95. The number of alkyl halides is 1. The number of halogens is 1. The van der Waals surface area contributed by atoms with E-state index in [9.17, 15) is 8.42 Å². The van der Waals surface area contributed by atoms with Gasteiger partial charge in [0.2, 0.25) is 10.0 Å². The lowest BCUT2D eigenvalue weighted by Crippen LogP contribution is -2.36. The first-order chi connectivity index (χ1) is 9.26. The summed E-state index contributed by atoms with van der Waals surface area (Å²) in [5.41, 5.74) is 1.15. The van der Waals surface area contributed by atoms with E-state index >= 15 is 0 Å². The van der Waals surface area contributed by atoms with Crippen LogP contribution in [0.1, 0.15) is 39.2 Å². The molecule has 1 aromatic rings. The highest BCUT2D eigenvalue weighted by molar-refractivity contribution is 7.89. The van der Waals surface area contributed by atoms with Crippen LogP contribution in [0.2, 0.25) is 0 Å². The van der Waals surface area contributed by atoms with Crippen molar-refractivity contribution in [2.75, 3.05) is 12.4 Å². The number of nitrogens with zero attached hydrogens (tertiary/aromatic N) is 1. The predicted octanol–water partition coefficient (Wildman–Crippen LogP) is 3.38. The molecule has 1 fully saturated rings. The maximum absolute atomic E-state index is 12.6. The first-order valence-corrected chi connectivity index (χ1v) is 8.92. The second-order valence-electron chi connectivity index (χ2n) is 6.34. The molecule has 0 aromatic heterocycles. The van der Waals surface area contributed by atoms with Crippen molar-refractivity contribution in [1.29, 1.82) is 0 Å². The zero-order chi connectivity index (χ0) is 15.0. The highest BCUT2D eigenvalue weighted by atomic mass is 35.5. The van der Waals surface area contributed by atoms with Crippen molar-refractivity contribution in [2.24, 2.45) is 0 Å². The van der Waals surface area contributed by atoms with E-state index in [-0.39, 0.29) is 11.5 Å². The molecule has 5 heteroatoms. The molecule has 0 bridgehead atoms. The van der Waals surface area contributed by atoms with E-state index in [0.29, 0.717) is 17.3 Å². The Balaban J connectivity index is 2.31. The van der Waals surface area contributed by atoms with Crippen molar-refractivity contribution >= 4 is 21.6 Å². The maximum Gasteiger partial charge on any atom is 0.243 e. The van der Waals surface area contributed by atoms with E-state index in [1.807, 2.05) is 12.1 Å². The fourth-order valence-electron chi connectivity index (χ4n) is 2.54. The van der Waals surface area contributed by atoms with E-state index in [1.54, 1.807) is 16.4 Å². The molecular formula is C15H22ClNO2S. The highest BCUT2D eigenvalue weighted by Crippen LogP contribution is 2.28. The molecular weight excluding hydrogens is 294 g/mol. The molecule has 3 nitrogen and oxygen atoms in total. The van der Waals surface area contributed by atoms with Crippen molar-refractivity contribution in [3.8, 4) is 0 Å². The molecule has 1 aromatic carbocycles. The summed E-state index contributed by atoms with van der Waals surface area (Å²) in [6.45, 7) is 6.91. The zero-order valence-corrected chi connectivity index (χ0v) is 13.8. The van der Waals surface area contributed by atoms with E-state index < -0.39 is 10.0 Å². The fraction of sp³-hybridized carbons (Fsp3) is 0.600. The van der Waals surface area contributed by atoms with Gasteiger partial charge < -0.3 is 0 Å².